The molecule has 0 amide bonds. The van der Waals surface area contributed by atoms with Crippen LogP contribution in [0, 0.1) is 0 Å². The van der Waals surface area contributed by atoms with Crippen LogP contribution in [0.5, 0.6) is 0 Å². The fraction of sp³-hybridized carbons (Fsp3) is 0. The molecule has 0 aliphatic rings. The fourth-order valence-corrected chi connectivity index (χ4v) is 1.67. The van der Waals surface area contributed by atoms with Gasteiger partial charge in [0.2, 0.25) is 0 Å². The van der Waals surface area contributed by atoms with Crippen LogP contribution in [0.2, 0.25) is 0 Å². The summed E-state index contributed by atoms with van der Waals surface area (Å²) in [4.78, 5) is 0. The Labute approximate surface area is 107 Å². The van der Waals surface area contributed by atoms with E-state index in [1.807, 2.05) is 0 Å². The van der Waals surface area contributed by atoms with Crippen LogP contribution in [0.15, 0.2) is 0 Å². The van der Waals surface area contributed by atoms with Gasteiger partial charge in [-0.1, -0.05) is 0 Å². The van der Waals surface area contributed by atoms with Crippen LogP contribution in [0.3, 0.4) is 0 Å². The van der Waals surface area contributed by atoms with Crippen LogP contribution in [-0.2, 0) is 0 Å². The summed E-state index contributed by atoms with van der Waals surface area (Å²) in [7, 11) is 45.8. The van der Waals surface area contributed by atoms with E-state index in [0.717, 1.165) is 0 Å². The van der Waals surface area contributed by atoms with Crippen molar-refractivity contribution in [3.05, 3.63) is 0 Å². The lowest BCUT2D eigenvalue weighted by molar-refractivity contribution is 3.40. The molecule has 17 radical (unpaired) electrons. The van der Waals surface area contributed by atoms with E-state index in [1.54, 1.807) is 0 Å². The first-order valence-corrected chi connectivity index (χ1v) is 4.67. The minimum absolute atomic E-state index is 0.463. The summed E-state index contributed by atoms with van der Waals surface area (Å²) in [6.45, 7) is 0. The van der Waals surface area contributed by atoms with Crippen molar-refractivity contribution in [3.8, 4) is 0 Å². The van der Waals surface area contributed by atoms with E-state index in [1.165, 1.54) is 7.06 Å². The molecule has 0 atom stereocenters. The predicted molar refractivity (Wildman–Crippen MR) is 86.3 cm³/mol. The lowest BCUT2D eigenvalue weighted by Crippen LogP contribution is -2.73. The minimum atomic E-state index is -0.754. The van der Waals surface area contributed by atoms with Crippen molar-refractivity contribution in [1.29, 1.82) is 0 Å². The lowest BCUT2D eigenvalue weighted by atomic mass is 8.46. The molecule has 0 N–H and O–H groups in total. The summed E-state index contributed by atoms with van der Waals surface area (Å²) < 4.78 is 0. The van der Waals surface area contributed by atoms with Crippen LogP contribution in [0.25, 0.3) is 0 Å². The average molecular weight is 162 g/mol. The number of hydrogen-bond donors (Lipinski definition) is 0. The Morgan fingerprint density at radius 3 is 1.13 bits per heavy atom. The highest BCUT2D eigenvalue weighted by atomic mass is 13.2. The fourth-order valence-electron chi connectivity index (χ4n) is 1.67. The minimum Gasteiger partial charge on any atom is 0 e. The van der Waals surface area contributed by atoms with Crippen LogP contribution in [-0.4, -0.2) is 107 Å². The van der Waals surface area contributed by atoms with Gasteiger partial charge in [-0.25, -0.2) is 0 Å². The summed E-state index contributed by atoms with van der Waals surface area (Å²) >= 11 is 0. The maximum atomic E-state index is 5.73. The van der Waals surface area contributed by atoms with Gasteiger partial charge in [-0.05, 0) is 0 Å². The Kier molecular flexibility index (Phi) is 7.81. The average Bonchev–Trinajstić information content (AvgIpc) is 2.10. The summed E-state index contributed by atoms with van der Waals surface area (Å²) in [5.41, 5.74) is 0. The van der Waals surface area contributed by atoms with Crippen LogP contribution in [0.1, 0.15) is 0 Å². The number of rotatable bonds is 6. The van der Waals surface area contributed by atoms with Gasteiger partial charge in [-0.3, -0.25) is 0 Å². The largest absolute Gasteiger partial charge is 0 e. The van der Waals surface area contributed by atoms with E-state index in [-0.39, 0.29) is 0 Å². The van der Waals surface area contributed by atoms with Gasteiger partial charge < -0.3 is 0 Å². The zero-order chi connectivity index (χ0) is 12.2. The maximum Gasteiger partial charge on any atom is 0 e. The van der Waals surface area contributed by atoms with E-state index < -0.39 is 38.3 Å². The standard InChI is InChI=1S/B15/c1-9-13(8)15(12(6)7)14(10(2)3)11(4)5. The van der Waals surface area contributed by atoms with Gasteiger partial charge in [0.1, 0.15) is 0 Å². The van der Waals surface area contributed by atoms with E-state index >= 15 is 0 Å². The first kappa shape index (κ1) is 16.0. The van der Waals surface area contributed by atoms with Gasteiger partial charge >= 0.3 is 0 Å². The van der Waals surface area contributed by atoms with E-state index in [4.69, 9.17) is 61.9 Å². The molecule has 0 rings (SSSR count). The third kappa shape index (κ3) is 4.78. The second kappa shape index (κ2) is 7.33. The van der Waals surface area contributed by atoms with Crippen molar-refractivity contribution in [2.24, 2.45) is 0 Å². The predicted octanol–water partition coefficient (Wildman–Crippen LogP) is -5.71. The Balaban J connectivity index is 4.84. The van der Waals surface area contributed by atoms with Crippen LogP contribution >= 0.6 is 0 Å². The van der Waals surface area contributed by atoms with Crippen LogP contribution < -0.4 is 0 Å². The quantitative estimate of drug-likeness (QED) is 0.341. The molecule has 15 heteroatoms. The van der Waals surface area contributed by atoms with Crippen LogP contribution in [0.4, 0.5) is 0 Å². The molecule has 0 saturated heterocycles. The van der Waals surface area contributed by atoms with Crippen molar-refractivity contribution >= 4 is 107 Å². The summed E-state index contributed by atoms with van der Waals surface area (Å²) in [5.74, 6) is 0. The first-order chi connectivity index (χ1) is 6.82. The second-order valence-electron chi connectivity index (χ2n) is 3.66. The highest BCUT2D eigenvalue weighted by Crippen LogP contribution is 1.98. The summed E-state index contributed by atoms with van der Waals surface area (Å²) in [6.07, 6.45) is -3.77. The smallest absolute Gasteiger partial charge is 0 e. The SMILES string of the molecule is [B][B]B([B])B(B([B])[B])B(B([B])[B])B([B])[B]. The third-order valence-electron chi connectivity index (χ3n) is 2.44. The Morgan fingerprint density at radius 1 is 0.600 bits per heavy atom. The molecule has 15 heavy (non-hydrogen) atoms. The molecular weight excluding hydrogens is 162 g/mol. The lowest BCUT2D eigenvalue weighted by Gasteiger charge is -2.35. The monoisotopic (exact) mass is 165 g/mol. The van der Waals surface area contributed by atoms with Gasteiger partial charge in [-0.2, -0.15) is 0 Å². The normalized spacial score (nSPS) is 8.80. The van der Waals surface area contributed by atoms with Gasteiger partial charge in [0.25, 0.3) is 0 Å². The second-order valence-corrected chi connectivity index (χ2v) is 3.66. The molecule has 0 aromatic heterocycles. The molecule has 0 aliphatic carbocycles. The van der Waals surface area contributed by atoms with Gasteiger partial charge in [0.15, 0.2) is 0 Å². The van der Waals surface area contributed by atoms with Crippen molar-refractivity contribution in [2.75, 3.05) is 0 Å². The Morgan fingerprint density at radius 2 is 0.933 bits per heavy atom. The van der Waals surface area contributed by atoms with Crippen molar-refractivity contribution in [2.45, 2.75) is 0 Å². The van der Waals surface area contributed by atoms with Crippen molar-refractivity contribution in [3.63, 3.8) is 0 Å². The molecule has 0 heterocycles. The molecule has 0 unspecified atom stereocenters. The highest BCUT2D eigenvalue weighted by molar-refractivity contribution is 8.12. The summed E-state index contributed by atoms with van der Waals surface area (Å²) in [5, 5.41) is 0. The molecule has 0 bridgehead atoms. The van der Waals surface area contributed by atoms with Gasteiger partial charge in [0, 0.05) is 107 Å². The molecule has 0 aromatic carbocycles. The van der Waals surface area contributed by atoms with Crippen molar-refractivity contribution < 1.29 is 0 Å². The summed E-state index contributed by atoms with van der Waals surface area (Å²) in [6, 6.07) is 0. The molecule has 45 valence electrons. The van der Waals surface area contributed by atoms with Gasteiger partial charge in [0.05, 0.1) is 0 Å². The molecular formula is B15. The molecule has 0 aromatic rings. The molecule has 0 saturated carbocycles. The zero-order valence-corrected chi connectivity index (χ0v) is 8.66. The molecule has 0 spiro atoms. The first-order valence-electron chi connectivity index (χ1n) is 4.67. The Bertz CT molecular complexity index is 147. The maximum absolute atomic E-state index is 5.73. The van der Waals surface area contributed by atoms with Gasteiger partial charge in [-0.15, -0.1) is 0 Å². The van der Waals surface area contributed by atoms with E-state index in [0.29, 0.717) is 0 Å². The Hall–Kier alpha value is 0.974. The van der Waals surface area contributed by atoms with E-state index in [2.05, 4.69) is 0 Å². The zero-order valence-electron chi connectivity index (χ0n) is 8.66. The third-order valence-corrected chi connectivity index (χ3v) is 2.44. The topological polar surface area (TPSA) is 0 Å². The highest BCUT2D eigenvalue weighted by Gasteiger charge is 2.36. The molecule has 0 fully saturated rings. The van der Waals surface area contributed by atoms with Crippen molar-refractivity contribution in [1.82, 2.24) is 0 Å². The number of hydrogen-bond acceptors (Lipinski definition) is 0. The molecule has 0 aliphatic heterocycles. The van der Waals surface area contributed by atoms with E-state index in [9.17, 15) is 0 Å². The molecule has 0 nitrogen and oxygen atoms in total.